The summed E-state index contributed by atoms with van der Waals surface area (Å²) >= 11 is 12.1. The van der Waals surface area contributed by atoms with Crippen LogP contribution in [0.5, 0.6) is 0 Å². The lowest BCUT2D eigenvalue weighted by Gasteiger charge is -2.33. The van der Waals surface area contributed by atoms with Crippen LogP contribution >= 0.6 is 23.2 Å². The molecule has 1 saturated heterocycles. The number of hydroxylamine groups is 1. The van der Waals surface area contributed by atoms with Gasteiger partial charge in [0.1, 0.15) is 0 Å². The van der Waals surface area contributed by atoms with E-state index in [1.54, 1.807) is 24.3 Å². The number of alkyl halides is 3. The van der Waals surface area contributed by atoms with Gasteiger partial charge in [-0.3, -0.25) is 0 Å². The second-order valence-electron chi connectivity index (χ2n) is 10.3. The van der Waals surface area contributed by atoms with Gasteiger partial charge in [-0.2, -0.15) is 13.2 Å². The molecule has 3 aromatic carbocycles. The summed E-state index contributed by atoms with van der Waals surface area (Å²) in [6, 6.07) is 21.7. The SMILES string of the molecule is O=C(N(CCCN1CCC(Cc2ccccc2)CC1)Cc1cccc(Cl)c1)N(OC(=O)C(F)(F)F)c1ccc(Cl)cc1. The molecule has 0 aliphatic carbocycles. The lowest BCUT2D eigenvalue weighted by Crippen LogP contribution is -2.47. The first-order chi connectivity index (χ1) is 20.1. The van der Waals surface area contributed by atoms with Crippen LogP contribution in [0.15, 0.2) is 78.9 Å². The van der Waals surface area contributed by atoms with Gasteiger partial charge in [-0.1, -0.05) is 65.7 Å². The number of anilines is 1. The van der Waals surface area contributed by atoms with Gasteiger partial charge in [-0.05, 0) is 98.8 Å². The molecule has 6 nitrogen and oxygen atoms in total. The van der Waals surface area contributed by atoms with E-state index in [4.69, 9.17) is 23.2 Å². The third-order valence-corrected chi connectivity index (χ3v) is 7.64. The molecular formula is C31H32Cl2F3N3O3. The fourth-order valence-electron chi connectivity index (χ4n) is 4.99. The summed E-state index contributed by atoms with van der Waals surface area (Å²) in [5.74, 6) is -1.90. The molecule has 4 rings (SSSR count). The van der Waals surface area contributed by atoms with Crippen LogP contribution in [-0.4, -0.2) is 54.2 Å². The van der Waals surface area contributed by atoms with Crippen molar-refractivity contribution in [2.75, 3.05) is 31.2 Å². The first-order valence-electron chi connectivity index (χ1n) is 13.7. The van der Waals surface area contributed by atoms with Crippen LogP contribution in [-0.2, 0) is 22.6 Å². The van der Waals surface area contributed by atoms with Crippen LogP contribution in [0.2, 0.25) is 10.0 Å². The number of benzene rings is 3. The molecule has 224 valence electrons. The zero-order valence-corrected chi connectivity index (χ0v) is 24.4. The second-order valence-corrected chi connectivity index (χ2v) is 11.2. The number of hydrogen-bond acceptors (Lipinski definition) is 4. The predicted octanol–water partition coefficient (Wildman–Crippen LogP) is 7.79. The molecule has 2 amide bonds. The number of hydrogen-bond donors (Lipinski definition) is 0. The Morgan fingerprint density at radius 3 is 2.19 bits per heavy atom. The lowest BCUT2D eigenvalue weighted by atomic mass is 9.90. The number of halogens is 5. The van der Waals surface area contributed by atoms with Gasteiger partial charge in [0.25, 0.3) is 0 Å². The highest BCUT2D eigenvalue weighted by Crippen LogP contribution is 2.26. The van der Waals surface area contributed by atoms with E-state index >= 15 is 0 Å². The molecule has 0 saturated carbocycles. The maximum absolute atomic E-state index is 13.7. The second kappa shape index (κ2) is 14.8. The van der Waals surface area contributed by atoms with Crippen LogP contribution in [0, 0.1) is 5.92 Å². The van der Waals surface area contributed by atoms with Gasteiger partial charge >= 0.3 is 18.2 Å². The molecule has 0 spiro atoms. The molecular weight excluding hydrogens is 590 g/mol. The molecule has 0 unspecified atom stereocenters. The Hall–Kier alpha value is -3.27. The smallest absolute Gasteiger partial charge is 0.323 e. The van der Waals surface area contributed by atoms with Crippen LogP contribution in [0.1, 0.15) is 30.4 Å². The maximum atomic E-state index is 13.7. The zero-order chi connectivity index (χ0) is 30.1. The normalized spacial score (nSPS) is 14.4. The summed E-state index contributed by atoms with van der Waals surface area (Å²) in [6.45, 7) is 2.83. The Labute approximate surface area is 253 Å². The van der Waals surface area contributed by atoms with E-state index in [-0.39, 0.29) is 18.8 Å². The number of urea groups is 1. The van der Waals surface area contributed by atoms with Crippen molar-refractivity contribution in [2.45, 2.75) is 38.4 Å². The van der Waals surface area contributed by atoms with Crippen molar-refractivity contribution >= 4 is 40.9 Å². The molecule has 1 heterocycles. The van der Waals surface area contributed by atoms with E-state index in [2.05, 4.69) is 34.0 Å². The van der Waals surface area contributed by atoms with Crippen LogP contribution in [0.3, 0.4) is 0 Å². The van der Waals surface area contributed by atoms with Gasteiger partial charge < -0.3 is 14.6 Å². The van der Waals surface area contributed by atoms with E-state index in [9.17, 15) is 22.8 Å². The topological polar surface area (TPSA) is 53.1 Å². The highest BCUT2D eigenvalue weighted by molar-refractivity contribution is 6.30. The first kappa shape index (κ1) is 31.7. The summed E-state index contributed by atoms with van der Waals surface area (Å²) < 4.78 is 39.4. The number of carbonyl (C=O) groups excluding carboxylic acids is 2. The van der Waals surface area contributed by atoms with Gasteiger partial charge in [0, 0.05) is 23.1 Å². The fourth-order valence-corrected chi connectivity index (χ4v) is 5.33. The molecule has 0 bridgehead atoms. The van der Waals surface area contributed by atoms with Gasteiger partial charge in [0.2, 0.25) is 0 Å². The van der Waals surface area contributed by atoms with Crippen molar-refractivity contribution in [1.82, 2.24) is 9.80 Å². The molecule has 0 radical (unpaired) electrons. The van der Waals surface area contributed by atoms with E-state index in [1.807, 2.05) is 6.07 Å². The molecule has 1 aliphatic rings. The Bertz CT molecular complexity index is 1320. The summed E-state index contributed by atoms with van der Waals surface area (Å²) in [6.07, 6.45) is -1.55. The fraction of sp³-hybridized carbons (Fsp3) is 0.355. The van der Waals surface area contributed by atoms with Crippen LogP contribution in [0.4, 0.5) is 23.7 Å². The van der Waals surface area contributed by atoms with Crippen LogP contribution < -0.4 is 5.06 Å². The monoisotopic (exact) mass is 621 g/mol. The van der Waals surface area contributed by atoms with Gasteiger partial charge in [-0.15, -0.1) is 5.06 Å². The minimum Gasteiger partial charge on any atom is -0.323 e. The highest BCUT2D eigenvalue weighted by Gasteiger charge is 2.44. The lowest BCUT2D eigenvalue weighted by molar-refractivity contribution is -0.200. The Kier molecular flexibility index (Phi) is 11.1. The molecule has 11 heteroatoms. The average Bonchev–Trinajstić information content (AvgIpc) is 2.96. The summed E-state index contributed by atoms with van der Waals surface area (Å²) in [5.41, 5.74) is 1.94. The standard InChI is InChI=1S/C31H32Cl2F3N3O3/c32-26-10-12-28(13-11-26)39(42-29(40)31(34,35)36)30(41)38(22-25-8-4-9-27(33)21-25)17-5-16-37-18-14-24(15-19-37)20-23-6-2-1-3-7-23/h1-4,6-13,21,24H,5,14-20,22H2. The average molecular weight is 623 g/mol. The highest BCUT2D eigenvalue weighted by atomic mass is 35.5. The van der Waals surface area contributed by atoms with E-state index in [1.165, 1.54) is 34.7 Å². The maximum Gasteiger partial charge on any atom is 0.493 e. The number of carbonyl (C=O) groups is 2. The van der Waals surface area contributed by atoms with Crippen molar-refractivity contribution in [3.63, 3.8) is 0 Å². The zero-order valence-electron chi connectivity index (χ0n) is 22.9. The number of amides is 2. The third-order valence-electron chi connectivity index (χ3n) is 7.15. The summed E-state index contributed by atoms with van der Waals surface area (Å²) in [4.78, 5) is 33.8. The molecule has 42 heavy (non-hydrogen) atoms. The number of piperidine rings is 1. The molecule has 0 atom stereocenters. The van der Waals surface area contributed by atoms with Crippen molar-refractivity contribution in [3.05, 3.63) is 100 Å². The molecule has 0 aromatic heterocycles. The number of nitrogens with zero attached hydrogens (tertiary/aromatic N) is 3. The van der Waals surface area contributed by atoms with Gasteiger partial charge in [0.15, 0.2) is 0 Å². The molecule has 3 aromatic rings. The van der Waals surface area contributed by atoms with Crippen molar-refractivity contribution in [1.29, 1.82) is 0 Å². The quantitative estimate of drug-likeness (QED) is 0.229. The first-order valence-corrected chi connectivity index (χ1v) is 14.5. The van der Waals surface area contributed by atoms with Gasteiger partial charge in [0.05, 0.1) is 5.69 Å². The predicted molar refractivity (Wildman–Crippen MR) is 157 cm³/mol. The minimum absolute atomic E-state index is 0.0478. The number of likely N-dealkylation sites (tertiary alicyclic amines) is 1. The largest absolute Gasteiger partial charge is 0.493 e. The third kappa shape index (κ3) is 9.37. The molecule has 0 N–H and O–H groups in total. The van der Waals surface area contributed by atoms with Crippen LogP contribution in [0.25, 0.3) is 0 Å². The van der Waals surface area contributed by atoms with Crippen molar-refractivity contribution in [3.8, 4) is 0 Å². The van der Waals surface area contributed by atoms with E-state index in [0.29, 0.717) is 39.6 Å². The summed E-state index contributed by atoms with van der Waals surface area (Å²) in [7, 11) is 0. The van der Waals surface area contributed by atoms with E-state index < -0.39 is 18.2 Å². The summed E-state index contributed by atoms with van der Waals surface area (Å²) in [5, 5.41) is 1.12. The Morgan fingerprint density at radius 2 is 1.55 bits per heavy atom. The Morgan fingerprint density at radius 1 is 0.881 bits per heavy atom. The van der Waals surface area contributed by atoms with Crippen molar-refractivity contribution in [2.24, 2.45) is 5.92 Å². The van der Waals surface area contributed by atoms with E-state index in [0.717, 1.165) is 32.4 Å². The van der Waals surface area contributed by atoms with Gasteiger partial charge in [-0.25, -0.2) is 9.59 Å². The number of rotatable bonds is 9. The molecule has 1 fully saturated rings. The van der Waals surface area contributed by atoms with Crippen molar-refractivity contribution < 1.29 is 27.6 Å². The minimum atomic E-state index is -5.30. The molecule has 1 aliphatic heterocycles. The Balaban J connectivity index is 1.44.